The minimum atomic E-state index is -0.517. The van der Waals surface area contributed by atoms with Gasteiger partial charge < -0.3 is 5.21 Å². The highest BCUT2D eigenvalue weighted by molar-refractivity contribution is 6.02. The van der Waals surface area contributed by atoms with Gasteiger partial charge in [-0.15, -0.1) is 0 Å². The molecule has 4 rings (SSSR count). The number of rotatable bonds is 5. The highest BCUT2D eigenvalue weighted by atomic mass is 16.5. The normalized spacial score (nSPS) is 22.2. The summed E-state index contributed by atoms with van der Waals surface area (Å²) in [4.78, 5) is 26.8. The van der Waals surface area contributed by atoms with Crippen LogP contribution in [0.4, 0.5) is 0 Å². The Morgan fingerprint density at radius 3 is 1.45 bits per heavy atom. The van der Waals surface area contributed by atoms with Crippen molar-refractivity contribution in [2.24, 2.45) is 11.8 Å². The molecule has 0 aliphatic carbocycles. The van der Waals surface area contributed by atoms with Crippen LogP contribution in [0.3, 0.4) is 0 Å². The van der Waals surface area contributed by atoms with Gasteiger partial charge in [0.05, 0.1) is 0 Å². The van der Waals surface area contributed by atoms with Crippen molar-refractivity contribution in [1.29, 1.82) is 0 Å². The van der Waals surface area contributed by atoms with E-state index in [9.17, 15) is 14.8 Å². The summed E-state index contributed by atoms with van der Waals surface area (Å²) in [7, 11) is 0. The van der Waals surface area contributed by atoms with E-state index in [1.165, 1.54) is 0 Å². The topological polar surface area (TPSA) is 57.6 Å². The fraction of sp³-hybridized carbons (Fsp3) is 0.200. The van der Waals surface area contributed by atoms with Crippen LogP contribution in [0, 0.1) is 11.8 Å². The molecule has 0 radical (unpaired) electrons. The highest BCUT2D eigenvalue weighted by Crippen LogP contribution is 2.40. The summed E-state index contributed by atoms with van der Waals surface area (Å²) in [6.45, 7) is 0.401. The van der Waals surface area contributed by atoms with Gasteiger partial charge in [-0.2, -0.15) is 5.06 Å². The third-order valence-corrected chi connectivity index (χ3v) is 5.66. The van der Waals surface area contributed by atoms with Crippen molar-refractivity contribution in [2.75, 3.05) is 13.1 Å². The smallest absolute Gasteiger partial charge is 0.167 e. The van der Waals surface area contributed by atoms with Crippen LogP contribution in [0.1, 0.15) is 32.2 Å². The van der Waals surface area contributed by atoms with E-state index in [1.807, 2.05) is 66.7 Å². The molecule has 29 heavy (non-hydrogen) atoms. The van der Waals surface area contributed by atoms with Gasteiger partial charge in [0.25, 0.3) is 0 Å². The van der Waals surface area contributed by atoms with E-state index in [0.29, 0.717) is 11.1 Å². The molecule has 0 amide bonds. The first-order valence-corrected chi connectivity index (χ1v) is 9.82. The number of hydroxylamine groups is 2. The lowest BCUT2D eigenvalue weighted by atomic mass is 9.69. The van der Waals surface area contributed by atoms with Crippen LogP contribution in [0.5, 0.6) is 0 Å². The molecular formula is C25H23NO3. The number of carbonyl (C=O) groups is 2. The highest BCUT2D eigenvalue weighted by Gasteiger charge is 2.44. The van der Waals surface area contributed by atoms with Gasteiger partial charge >= 0.3 is 0 Å². The number of hydrogen-bond donors (Lipinski definition) is 1. The molecular weight excluding hydrogens is 362 g/mol. The summed E-state index contributed by atoms with van der Waals surface area (Å²) < 4.78 is 0. The predicted molar refractivity (Wildman–Crippen MR) is 111 cm³/mol. The molecule has 0 bridgehead atoms. The molecule has 0 saturated carbocycles. The molecule has 1 N–H and O–H groups in total. The second-order valence-corrected chi connectivity index (χ2v) is 7.48. The van der Waals surface area contributed by atoms with Crippen molar-refractivity contribution in [2.45, 2.75) is 5.92 Å². The molecule has 1 fully saturated rings. The lowest BCUT2D eigenvalue weighted by molar-refractivity contribution is -0.127. The molecule has 4 nitrogen and oxygen atoms in total. The summed E-state index contributed by atoms with van der Waals surface area (Å²) in [5.74, 6) is -1.44. The zero-order valence-electron chi connectivity index (χ0n) is 16.0. The Kier molecular flexibility index (Phi) is 5.65. The summed E-state index contributed by atoms with van der Waals surface area (Å²) in [6.07, 6.45) is 0. The third-order valence-electron chi connectivity index (χ3n) is 5.66. The molecule has 3 aromatic carbocycles. The number of benzene rings is 3. The second kappa shape index (κ2) is 8.52. The average Bonchev–Trinajstić information content (AvgIpc) is 2.79. The number of ketones is 2. The van der Waals surface area contributed by atoms with E-state index in [1.54, 1.807) is 24.3 Å². The summed E-state index contributed by atoms with van der Waals surface area (Å²) in [5.41, 5.74) is 2.14. The Balaban J connectivity index is 1.77. The molecule has 0 spiro atoms. The van der Waals surface area contributed by atoms with Crippen molar-refractivity contribution in [3.8, 4) is 0 Å². The number of piperidine rings is 1. The third kappa shape index (κ3) is 4.04. The lowest BCUT2D eigenvalue weighted by Crippen LogP contribution is -2.49. The predicted octanol–water partition coefficient (Wildman–Crippen LogP) is 4.47. The largest absolute Gasteiger partial charge is 0.314 e. The Hall–Kier alpha value is -3.08. The SMILES string of the molecule is O=C(c1ccccc1)C1CN(O)CC(C(=O)c2ccccc2)C1c1ccccc1. The second-order valence-electron chi connectivity index (χ2n) is 7.48. The standard InChI is InChI=1S/C25H23NO3/c27-24(19-12-6-2-7-13-19)21-16-26(29)17-22(23(21)18-10-4-1-5-11-18)25(28)20-14-8-3-9-15-20/h1-15,21-23,29H,16-17H2. The Bertz CT molecular complexity index is 911. The molecule has 1 aliphatic rings. The quantitative estimate of drug-likeness (QED) is 0.658. The Morgan fingerprint density at radius 2 is 1.03 bits per heavy atom. The zero-order chi connectivity index (χ0) is 20.2. The zero-order valence-corrected chi connectivity index (χ0v) is 16.0. The Morgan fingerprint density at radius 1 is 0.655 bits per heavy atom. The maximum Gasteiger partial charge on any atom is 0.167 e. The van der Waals surface area contributed by atoms with Crippen molar-refractivity contribution in [1.82, 2.24) is 5.06 Å². The van der Waals surface area contributed by atoms with E-state index in [4.69, 9.17) is 0 Å². The molecule has 3 aromatic rings. The van der Waals surface area contributed by atoms with Crippen molar-refractivity contribution in [3.63, 3.8) is 0 Å². The van der Waals surface area contributed by atoms with Crippen LogP contribution in [-0.4, -0.2) is 34.9 Å². The number of carbonyl (C=O) groups excluding carboxylic acids is 2. The first kappa shape index (κ1) is 19.2. The van der Waals surface area contributed by atoms with Crippen molar-refractivity contribution < 1.29 is 14.8 Å². The van der Waals surface area contributed by atoms with Gasteiger partial charge in [-0.3, -0.25) is 9.59 Å². The Labute approximate surface area is 170 Å². The van der Waals surface area contributed by atoms with E-state index >= 15 is 0 Å². The molecule has 0 aromatic heterocycles. The molecule has 2 unspecified atom stereocenters. The minimum absolute atomic E-state index is 0.0518. The van der Waals surface area contributed by atoms with Crippen LogP contribution in [0.2, 0.25) is 0 Å². The molecule has 1 aliphatic heterocycles. The molecule has 1 saturated heterocycles. The first-order valence-electron chi connectivity index (χ1n) is 9.82. The maximum absolute atomic E-state index is 13.4. The molecule has 1 heterocycles. The summed E-state index contributed by atoms with van der Waals surface area (Å²) in [5, 5.41) is 11.6. The van der Waals surface area contributed by atoms with Gasteiger partial charge in [-0.25, -0.2) is 0 Å². The molecule has 2 atom stereocenters. The van der Waals surface area contributed by atoms with E-state index < -0.39 is 11.8 Å². The van der Waals surface area contributed by atoms with Gasteiger partial charge in [0, 0.05) is 42.0 Å². The van der Waals surface area contributed by atoms with Crippen molar-refractivity contribution in [3.05, 3.63) is 108 Å². The summed E-state index contributed by atoms with van der Waals surface area (Å²) in [6, 6.07) is 27.9. The number of hydrogen-bond acceptors (Lipinski definition) is 4. The van der Waals surface area contributed by atoms with Crippen LogP contribution >= 0.6 is 0 Å². The van der Waals surface area contributed by atoms with Crippen LogP contribution in [0.15, 0.2) is 91.0 Å². The van der Waals surface area contributed by atoms with Crippen LogP contribution < -0.4 is 0 Å². The number of Topliss-reactive ketones (excluding diaryl/α,β-unsaturated/α-hetero) is 2. The van der Waals surface area contributed by atoms with E-state index in [2.05, 4.69) is 0 Å². The fourth-order valence-corrected chi connectivity index (χ4v) is 4.30. The number of nitrogens with zero attached hydrogens (tertiary/aromatic N) is 1. The fourth-order valence-electron chi connectivity index (χ4n) is 4.30. The van der Waals surface area contributed by atoms with Crippen LogP contribution in [0.25, 0.3) is 0 Å². The minimum Gasteiger partial charge on any atom is -0.314 e. The summed E-state index contributed by atoms with van der Waals surface area (Å²) >= 11 is 0. The van der Waals surface area contributed by atoms with Gasteiger partial charge in [-0.1, -0.05) is 91.0 Å². The van der Waals surface area contributed by atoms with Gasteiger partial charge in [0.2, 0.25) is 0 Å². The molecule has 146 valence electrons. The van der Waals surface area contributed by atoms with Gasteiger partial charge in [-0.05, 0) is 5.56 Å². The van der Waals surface area contributed by atoms with Crippen LogP contribution in [-0.2, 0) is 0 Å². The van der Waals surface area contributed by atoms with Gasteiger partial charge in [0.15, 0.2) is 11.6 Å². The maximum atomic E-state index is 13.4. The lowest BCUT2D eigenvalue weighted by Gasteiger charge is -2.40. The first-order chi connectivity index (χ1) is 14.1. The monoisotopic (exact) mass is 385 g/mol. The van der Waals surface area contributed by atoms with Crippen molar-refractivity contribution >= 4 is 11.6 Å². The van der Waals surface area contributed by atoms with E-state index in [-0.39, 0.29) is 30.6 Å². The van der Waals surface area contributed by atoms with Gasteiger partial charge in [0.1, 0.15) is 0 Å². The average molecular weight is 385 g/mol. The molecule has 4 heteroatoms. The van der Waals surface area contributed by atoms with E-state index in [0.717, 1.165) is 10.6 Å².